The van der Waals surface area contributed by atoms with Crippen molar-refractivity contribution < 1.29 is 33.9 Å². The summed E-state index contributed by atoms with van der Waals surface area (Å²) in [7, 11) is 1.61. The van der Waals surface area contributed by atoms with E-state index in [0.717, 1.165) is 22.4 Å². The molecule has 186 valence electrons. The lowest BCUT2D eigenvalue weighted by molar-refractivity contribution is -0.315. The van der Waals surface area contributed by atoms with E-state index in [1.165, 1.54) is 0 Å². The lowest BCUT2D eigenvalue weighted by Crippen LogP contribution is -2.61. The molecule has 3 aromatic carbocycles. The van der Waals surface area contributed by atoms with Crippen molar-refractivity contribution in [2.24, 2.45) is 0 Å². The largest absolute Gasteiger partial charge is 0.497 e. The Kier molecular flexibility index (Phi) is 9.25. The van der Waals surface area contributed by atoms with Gasteiger partial charge in [0, 0.05) is 0 Å². The summed E-state index contributed by atoms with van der Waals surface area (Å²) in [5.74, 6) is 0.749. The van der Waals surface area contributed by atoms with Gasteiger partial charge in [-0.15, -0.1) is 0 Å². The van der Waals surface area contributed by atoms with Crippen LogP contribution in [0.15, 0.2) is 84.9 Å². The van der Waals surface area contributed by atoms with Crippen LogP contribution in [0.3, 0.4) is 0 Å². The minimum absolute atomic E-state index is 0.232. The molecule has 0 aromatic heterocycles. The summed E-state index contributed by atoms with van der Waals surface area (Å²) in [6.07, 6.45) is -4.23. The first-order valence-corrected chi connectivity index (χ1v) is 11.7. The highest BCUT2D eigenvalue weighted by molar-refractivity contribution is 5.26. The fourth-order valence-electron chi connectivity index (χ4n) is 4.06. The Bertz CT molecular complexity index is 997. The second-order valence-electron chi connectivity index (χ2n) is 8.39. The molecular formula is C28H32O7. The Balaban J connectivity index is 1.52. The highest BCUT2D eigenvalue weighted by Gasteiger charge is 2.47. The maximum absolute atomic E-state index is 10.8. The lowest BCUT2D eigenvalue weighted by atomic mass is 9.98. The molecule has 1 saturated heterocycles. The molecule has 3 aromatic rings. The molecule has 0 amide bonds. The molecule has 1 aliphatic heterocycles. The van der Waals surface area contributed by atoms with Crippen molar-refractivity contribution in [3.8, 4) is 5.75 Å². The van der Waals surface area contributed by atoms with E-state index < -0.39 is 30.7 Å². The molecule has 35 heavy (non-hydrogen) atoms. The molecule has 0 bridgehead atoms. The molecule has 2 N–H and O–H groups in total. The van der Waals surface area contributed by atoms with Crippen molar-refractivity contribution in [1.82, 2.24) is 0 Å². The van der Waals surface area contributed by atoms with E-state index in [-0.39, 0.29) is 13.2 Å². The van der Waals surface area contributed by atoms with Gasteiger partial charge in [0.2, 0.25) is 0 Å². The maximum Gasteiger partial charge on any atom is 0.184 e. The SMILES string of the molecule is COc1ccc(CO[C@H]2[C@H](OCc3ccccc3)[C@H](OCc3ccccc3)[C@@H](CO)O[C@@H]2O)cc1. The average molecular weight is 481 g/mol. The molecule has 0 saturated carbocycles. The molecule has 0 aliphatic carbocycles. The smallest absolute Gasteiger partial charge is 0.184 e. The second kappa shape index (κ2) is 12.8. The van der Waals surface area contributed by atoms with Gasteiger partial charge in [-0.25, -0.2) is 0 Å². The molecule has 5 atom stereocenters. The zero-order chi connectivity index (χ0) is 24.5. The highest BCUT2D eigenvalue weighted by atomic mass is 16.7. The molecule has 0 radical (unpaired) electrons. The summed E-state index contributed by atoms with van der Waals surface area (Å²) < 4.78 is 29.6. The van der Waals surface area contributed by atoms with Crippen molar-refractivity contribution in [3.63, 3.8) is 0 Å². The number of rotatable bonds is 11. The molecule has 1 aliphatic rings. The maximum atomic E-state index is 10.8. The molecular weight excluding hydrogens is 448 g/mol. The van der Waals surface area contributed by atoms with Crippen LogP contribution in [0.1, 0.15) is 16.7 Å². The summed E-state index contributed by atoms with van der Waals surface area (Å²) in [6.45, 7) is 0.504. The number of ether oxygens (including phenoxy) is 5. The number of hydrogen-bond acceptors (Lipinski definition) is 7. The Labute approximate surface area is 205 Å². The monoisotopic (exact) mass is 480 g/mol. The van der Waals surface area contributed by atoms with E-state index in [9.17, 15) is 10.2 Å². The molecule has 7 nitrogen and oxygen atoms in total. The molecule has 1 heterocycles. The van der Waals surface area contributed by atoms with Gasteiger partial charge >= 0.3 is 0 Å². The third-order valence-corrected chi connectivity index (χ3v) is 5.96. The third kappa shape index (κ3) is 6.89. The van der Waals surface area contributed by atoms with Crippen molar-refractivity contribution in [2.45, 2.75) is 50.5 Å². The van der Waals surface area contributed by atoms with Crippen molar-refractivity contribution in [3.05, 3.63) is 102 Å². The number of methoxy groups -OCH3 is 1. The van der Waals surface area contributed by atoms with Crippen molar-refractivity contribution in [1.29, 1.82) is 0 Å². The summed E-state index contributed by atoms with van der Waals surface area (Å²) >= 11 is 0. The quantitative estimate of drug-likeness (QED) is 0.435. The Morgan fingerprint density at radius 2 is 1.14 bits per heavy atom. The average Bonchev–Trinajstić information content (AvgIpc) is 2.91. The van der Waals surface area contributed by atoms with Gasteiger partial charge in [0.25, 0.3) is 0 Å². The van der Waals surface area contributed by atoms with E-state index in [0.29, 0.717) is 13.2 Å². The van der Waals surface area contributed by atoms with Crippen LogP contribution in [0, 0.1) is 0 Å². The van der Waals surface area contributed by atoms with Gasteiger partial charge in [0.1, 0.15) is 30.2 Å². The standard InChI is InChI=1S/C28H32O7/c1-31-23-14-12-22(13-15-23)19-34-27-26(33-18-21-10-6-3-7-11-21)25(24(16-29)35-28(27)30)32-17-20-8-4-2-5-9-20/h2-15,24-30H,16-19H2,1H3/t24-,25-,26-,27+,28+/m1/s1. The fourth-order valence-corrected chi connectivity index (χ4v) is 4.06. The summed E-state index contributed by atoms with van der Waals surface area (Å²) in [4.78, 5) is 0. The molecule has 4 rings (SSSR count). The van der Waals surface area contributed by atoms with E-state index in [1.807, 2.05) is 84.9 Å². The van der Waals surface area contributed by atoms with E-state index in [2.05, 4.69) is 0 Å². The van der Waals surface area contributed by atoms with Crippen LogP contribution in [-0.2, 0) is 38.8 Å². The van der Waals surface area contributed by atoms with Gasteiger partial charge in [-0.2, -0.15) is 0 Å². The zero-order valence-corrected chi connectivity index (χ0v) is 19.7. The number of aliphatic hydroxyl groups excluding tert-OH is 2. The molecule has 7 heteroatoms. The molecule has 1 fully saturated rings. The van der Waals surface area contributed by atoms with Crippen molar-refractivity contribution in [2.75, 3.05) is 13.7 Å². The molecule has 0 unspecified atom stereocenters. The van der Waals surface area contributed by atoms with Crippen LogP contribution in [0.25, 0.3) is 0 Å². The Hall–Kier alpha value is -2.78. The number of hydrogen-bond donors (Lipinski definition) is 2. The van der Waals surface area contributed by atoms with Gasteiger partial charge in [-0.05, 0) is 28.8 Å². The van der Waals surface area contributed by atoms with Crippen LogP contribution >= 0.6 is 0 Å². The van der Waals surface area contributed by atoms with Crippen molar-refractivity contribution >= 4 is 0 Å². The predicted molar refractivity (Wildman–Crippen MR) is 130 cm³/mol. The first kappa shape index (κ1) is 25.3. The first-order chi connectivity index (χ1) is 17.2. The van der Waals surface area contributed by atoms with Gasteiger partial charge in [0.05, 0.1) is 33.5 Å². The van der Waals surface area contributed by atoms with E-state index in [1.54, 1.807) is 7.11 Å². The van der Waals surface area contributed by atoms with Crippen LogP contribution in [-0.4, -0.2) is 54.6 Å². The normalized spacial score (nSPS) is 24.3. The lowest BCUT2D eigenvalue weighted by Gasteiger charge is -2.44. The molecule has 0 spiro atoms. The van der Waals surface area contributed by atoms with Gasteiger partial charge in [-0.1, -0.05) is 72.8 Å². The summed E-state index contributed by atoms with van der Waals surface area (Å²) in [5, 5.41) is 20.8. The minimum Gasteiger partial charge on any atom is -0.497 e. The number of benzene rings is 3. The van der Waals surface area contributed by atoms with Crippen LogP contribution < -0.4 is 4.74 Å². The summed E-state index contributed by atoms with van der Waals surface area (Å²) in [6, 6.07) is 27.0. The highest BCUT2D eigenvalue weighted by Crippen LogP contribution is 2.29. The second-order valence-corrected chi connectivity index (χ2v) is 8.39. The Morgan fingerprint density at radius 1 is 0.657 bits per heavy atom. The number of aliphatic hydroxyl groups is 2. The zero-order valence-electron chi connectivity index (χ0n) is 19.7. The predicted octanol–water partition coefficient (Wildman–Crippen LogP) is 3.46. The van der Waals surface area contributed by atoms with Crippen LogP contribution in [0.5, 0.6) is 5.75 Å². The topological polar surface area (TPSA) is 86.6 Å². The fraction of sp³-hybridized carbons (Fsp3) is 0.357. The third-order valence-electron chi connectivity index (χ3n) is 5.96. The first-order valence-electron chi connectivity index (χ1n) is 11.7. The van der Waals surface area contributed by atoms with E-state index in [4.69, 9.17) is 23.7 Å². The summed E-state index contributed by atoms with van der Waals surface area (Å²) in [5.41, 5.74) is 2.86. The minimum atomic E-state index is -1.29. The van der Waals surface area contributed by atoms with Crippen LogP contribution in [0.4, 0.5) is 0 Å². The van der Waals surface area contributed by atoms with Crippen LogP contribution in [0.2, 0.25) is 0 Å². The van der Waals surface area contributed by atoms with Gasteiger partial charge in [0.15, 0.2) is 6.29 Å². The Morgan fingerprint density at radius 3 is 1.66 bits per heavy atom. The van der Waals surface area contributed by atoms with Gasteiger partial charge in [-0.3, -0.25) is 0 Å². The van der Waals surface area contributed by atoms with E-state index >= 15 is 0 Å². The van der Waals surface area contributed by atoms with Gasteiger partial charge < -0.3 is 33.9 Å².